The van der Waals surface area contributed by atoms with Crippen LogP contribution in [0, 0.1) is 0 Å². The van der Waals surface area contributed by atoms with E-state index in [0.717, 1.165) is 18.9 Å². The van der Waals surface area contributed by atoms with E-state index in [9.17, 15) is 22.8 Å². The first kappa shape index (κ1) is 24.5. The van der Waals surface area contributed by atoms with Gasteiger partial charge in [0.25, 0.3) is 11.8 Å². The molecule has 0 unspecified atom stereocenters. The summed E-state index contributed by atoms with van der Waals surface area (Å²) in [6.07, 6.45) is -2.94. The zero-order chi connectivity index (χ0) is 25.2. The molecule has 0 spiro atoms. The topological polar surface area (TPSA) is 98.1 Å². The van der Waals surface area contributed by atoms with Gasteiger partial charge in [0.1, 0.15) is 18.1 Å². The van der Waals surface area contributed by atoms with Gasteiger partial charge in [-0.15, -0.1) is 5.10 Å². The maximum atomic E-state index is 13.2. The molecule has 1 aliphatic carbocycles. The number of nitrogens with zero attached hydrogens (tertiary/aromatic N) is 3. The lowest BCUT2D eigenvalue weighted by molar-refractivity contribution is -0.137. The molecule has 184 valence electrons. The van der Waals surface area contributed by atoms with Gasteiger partial charge >= 0.3 is 6.18 Å². The number of carbonyl (C=O) groups excluding carboxylic acids is 2. The van der Waals surface area contributed by atoms with Gasteiger partial charge in [0.15, 0.2) is 5.69 Å². The average molecular weight is 508 g/mol. The SMILES string of the molecule is CCNC(=O)c1ccc(-n2nnc(C(=O)NC3CC3)c2COc2cccc(C(F)(F)F)c2Cl)cc1. The Kier molecular flexibility index (Phi) is 6.97. The zero-order valence-corrected chi connectivity index (χ0v) is 19.3. The summed E-state index contributed by atoms with van der Waals surface area (Å²) in [5, 5.41) is 13.0. The maximum Gasteiger partial charge on any atom is 0.417 e. The van der Waals surface area contributed by atoms with Crippen LogP contribution in [-0.4, -0.2) is 39.4 Å². The van der Waals surface area contributed by atoms with Crippen LogP contribution >= 0.6 is 11.6 Å². The summed E-state index contributed by atoms with van der Waals surface area (Å²) in [4.78, 5) is 24.8. The average Bonchev–Trinajstić information content (AvgIpc) is 3.53. The number of hydrogen-bond acceptors (Lipinski definition) is 5. The summed E-state index contributed by atoms with van der Waals surface area (Å²) in [5.41, 5.74) is 0.0619. The van der Waals surface area contributed by atoms with E-state index in [1.807, 2.05) is 0 Å². The molecule has 1 aliphatic rings. The van der Waals surface area contributed by atoms with E-state index in [0.29, 0.717) is 17.8 Å². The Morgan fingerprint density at radius 2 is 1.86 bits per heavy atom. The molecule has 2 amide bonds. The summed E-state index contributed by atoms with van der Waals surface area (Å²) < 4.78 is 46.6. The third kappa shape index (κ3) is 5.56. The summed E-state index contributed by atoms with van der Waals surface area (Å²) in [6, 6.07) is 9.78. The van der Waals surface area contributed by atoms with Crippen LogP contribution < -0.4 is 15.4 Å². The van der Waals surface area contributed by atoms with Crippen molar-refractivity contribution in [3.8, 4) is 11.4 Å². The van der Waals surface area contributed by atoms with Gasteiger partial charge in [0.05, 0.1) is 16.3 Å². The number of nitrogens with one attached hydrogen (secondary N) is 2. The molecule has 0 saturated heterocycles. The predicted octanol–water partition coefficient (Wildman–Crippen LogP) is 4.16. The quantitative estimate of drug-likeness (QED) is 0.477. The standard InChI is InChI=1S/C23H21ClF3N5O3/c1-2-28-21(33)13-6-10-15(11-7-13)32-17(20(30-31-32)22(34)29-14-8-9-14)12-35-18-5-3-4-16(19(18)24)23(25,26)27/h3-7,10-11,14H,2,8-9,12H2,1H3,(H,28,33)(H,29,34). The minimum Gasteiger partial charge on any atom is -0.486 e. The van der Waals surface area contributed by atoms with E-state index in [-0.39, 0.29) is 35.7 Å². The van der Waals surface area contributed by atoms with Crippen molar-refractivity contribution in [2.45, 2.75) is 38.6 Å². The Balaban J connectivity index is 1.65. The van der Waals surface area contributed by atoms with Gasteiger partial charge < -0.3 is 15.4 Å². The molecule has 12 heteroatoms. The predicted molar refractivity (Wildman–Crippen MR) is 121 cm³/mol. The highest BCUT2D eigenvalue weighted by molar-refractivity contribution is 6.32. The molecule has 1 saturated carbocycles. The number of ether oxygens (including phenoxy) is 1. The summed E-state index contributed by atoms with van der Waals surface area (Å²) >= 11 is 5.94. The molecule has 0 radical (unpaired) electrons. The van der Waals surface area contributed by atoms with Crippen LogP contribution in [0.1, 0.15) is 51.9 Å². The van der Waals surface area contributed by atoms with E-state index in [4.69, 9.17) is 16.3 Å². The van der Waals surface area contributed by atoms with E-state index >= 15 is 0 Å². The minimum atomic E-state index is -4.65. The van der Waals surface area contributed by atoms with Crippen LogP contribution in [0.5, 0.6) is 5.75 Å². The van der Waals surface area contributed by atoms with Crippen molar-refractivity contribution in [3.63, 3.8) is 0 Å². The van der Waals surface area contributed by atoms with Crippen molar-refractivity contribution in [2.24, 2.45) is 0 Å². The maximum absolute atomic E-state index is 13.2. The molecule has 0 aliphatic heterocycles. The van der Waals surface area contributed by atoms with Crippen molar-refractivity contribution in [1.29, 1.82) is 0 Å². The van der Waals surface area contributed by atoms with Gasteiger partial charge in [-0.3, -0.25) is 9.59 Å². The number of benzene rings is 2. The van der Waals surface area contributed by atoms with E-state index in [2.05, 4.69) is 20.9 Å². The molecule has 2 N–H and O–H groups in total. The number of carbonyl (C=O) groups is 2. The van der Waals surface area contributed by atoms with Crippen molar-refractivity contribution in [1.82, 2.24) is 25.6 Å². The van der Waals surface area contributed by atoms with Crippen LogP contribution in [0.3, 0.4) is 0 Å². The zero-order valence-electron chi connectivity index (χ0n) is 18.5. The fourth-order valence-corrected chi connectivity index (χ4v) is 3.59. The Morgan fingerprint density at radius 3 is 2.49 bits per heavy atom. The fraction of sp³-hybridized carbons (Fsp3) is 0.304. The number of halogens is 4. The van der Waals surface area contributed by atoms with E-state index in [1.54, 1.807) is 31.2 Å². The van der Waals surface area contributed by atoms with Crippen LogP contribution in [0.25, 0.3) is 5.69 Å². The largest absolute Gasteiger partial charge is 0.486 e. The van der Waals surface area contributed by atoms with Gasteiger partial charge in [-0.2, -0.15) is 13.2 Å². The monoisotopic (exact) mass is 507 g/mol. The van der Waals surface area contributed by atoms with Crippen molar-refractivity contribution in [2.75, 3.05) is 6.54 Å². The fourth-order valence-electron chi connectivity index (χ4n) is 3.30. The molecule has 4 rings (SSSR count). The van der Waals surface area contributed by atoms with Gasteiger partial charge in [-0.1, -0.05) is 22.9 Å². The highest BCUT2D eigenvalue weighted by Gasteiger charge is 2.34. The molecule has 3 aromatic rings. The van der Waals surface area contributed by atoms with Crippen molar-refractivity contribution >= 4 is 23.4 Å². The third-order valence-corrected chi connectivity index (χ3v) is 5.63. The summed E-state index contributed by atoms with van der Waals surface area (Å²) in [7, 11) is 0. The number of alkyl halides is 3. The normalized spacial score (nSPS) is 13.4. The molecular weight excluding hydrogens is 487 g/mol. The second-order valence-corrected chi connectivity index (χ2v) is 8.23. The van der Waals surface area contributed by atoms with Crippen molar-refractivity contribution in [3.05, 3.63) is 70.0 Å². The molecule has 1 aromatic heterocycles. The molecule has 1 heterocycles. The summed E-state index contributed by atoms with van der Waals surface area (Å²) in [5.74, 6) is -0.911. The first-order valence-electron chi connectivity index (χ1n) is 10.8. The third-order valence-electron chi connectivity index (χ3n) is 5.24. The second-order valence-electron chi connectivity index (χ2n) is 7.85. The lowest BCUT2D eigenvalue weighted by Crippen LogP contribution is -2.27. The van der Waals surface area contributed by atoms with Gasteiger partial charge in [-0.05, 0) is 56.2 Å². The smallest absolute Gasteiger partial charge is 0.417 e. The Bertz CT molecular complexity index is 1240. The van der Waals surface area contributed by atoms with Crippen LogP contribution in [0.15, 0.2) is 42.5 Å². The highest BCUT2D eigenvalue weighted by Crippen LogP contribution is 2.39. The number of amides is 2. The van der Waals surface area contributed by atoms with Gasteiger partial charge in [0, 0.05) is 18.2 Å². The highest BCUT2D eigenvalue weighted by atomic mass is 35.5. The van der Waals surface area contributed by atoms with Crippen LogP contribution in [0.4, 0.5) is 13.2 Å². The number of rotatable bonds is 8. The Morgan fingerprint density at radius 1 is 1.14 bits per heavy atom. The first-order valence-corrected chi connectivity index (χ1v) is 11.2. The number of aromatic nitrogens is 3. The van der Waals surface area contributed by atoms with E-state index in [1.165, 1.54) is 16.8 Å². The van der Waals surface area contributed by atoms with Crippen LogP contribution in [-0.2, 0) is 12.8 Å². The van der Waals surface area contributed by atoms with Crippen LogP contribution in [0.2, 0.25) is 5.02 Å². The molecule has 8 nitrogen and oxygen atoms in total. The molecule has 0 atom stereocenters. The first-order chi connectivity index (χ1) is 16.7. The molecular formula is C23H21ClF3N5O3. The Labute approximate surface area is 203 Å². The lowest BCUT2D eigenvalue weighted by atomic mass is 10.2. The van der Waals surface area contributed by atoms with E-state index < -0.39 is 22.7 Å². The molecule has 35 heavy (non-hydrogen) atoms. The second kappa shape index (κ2) is 9.95. The summed E-state index contributed by atoms with van der Waals surface area (Å²) in [6.45, 7) is 1.95. The molecule has 1 fully saturated rings. The number of hydrogen-bond donors (Lipinski definition) is 2. The van der Waals surface area contributed by atoms with Gasteiger partial charge in [-0.25, -0.2) is 4.68 Å². The molecule has 0 bridgehead atoms. The lowest BCUT2D eigenvalue weighted by Gasteiger charge is -2.14. The minimum absolute atomic E-state index is 0.0206. The Hall–Kier alpha value is -3.60. The molecule has 2 aromatic carbocycles. The van der Waals surface area contributed by atoms with Crippen molar-refractivity contribution < 1.29 is 27.5 Å². The van der Waals surface area contributed by atoms with Gasteiger partial charge in [0.2, 0.25) is 0 Å².